The minimum atomic E-state index is -0.727. The number of benzene rings is 1. The monoisotopic (exact) mass is 458 g/mol. The van der Waals surface area contributed by atoms with E-state index in [0.717, 1.165) is 33.2 Å². The van der Waals surface area contributed by atoms with E-state index in [4.69, 9.17) is 21.3 Å². The summed E-state index contributed by atoms with van der Waals surface area (Å²) < 4.78 is 7.18. The lowest BCUT2D eigenvalue weighted by Gasteiger charge is -2.13. The van der Waals surface area contributed by atoms with Crippen LogP contribution in [0.15, 0.2) is 29.3 Å². The van der Waals surface area contributed by atoms with Gasteiger partial charge in [-0.3, -0.25) is 14.4 Å². The number of hydrogen-bond donors (Lipinski definition) is 1. The number of aryl methyl sites for hydroxylation is 2. The summed E-state index contributed by atoms with van der Waals surface area (Å²) in [6, 6.07) is 6.94. The van der Waals surface area contributed by atoms with Crippen LogP contribution in [0.4, 0.5) is 0 Å². The molecular formula is C22H23ClN4O3S. The molecule has 0 bridgehead atoms. The van der Waals surface area contributed by atoms with Gasteiger partial charge in [0.15, 0.2) is 5.82 Å². The molecule has 0 amide bonds. The Labute approximate surface area is 189 Å². The molecule has 0 fully saturated rings. The van der Waals surface area contributed by atoms with Gasteiger partial charge in [0.1, 0.15) is 23.5 Å². The third-order valence-corrected chi connectivity index (χ3v) is 6.65. The van der Waals surface area contributed by atoms with Crippen molar-refractivity contribution in [3.05, 3.63) is 62.5 Å². The molecule has 0 aliphatic carbocycles. The summed E-state index contributed by atoms with van der Waals surface area (Å²) >= 11 is 7.77. The predicted octanol–water partition coefficient (Wildman–Crippen LogP) is 4.11. The summed E-state index contributed by atoms with van der Waals surface area (Å²) in [7, 11) is 0. The third kappa shape index (κ3) is 4.15. The van der Waals surface area contributed by atoms with Crippen molar-refractivity contribution in [1.29, 1.82) is 0 Å². The Morgan fingerprint density at radius 3 is 2.65 bits per heavy atom. The first-order valence-corrected chi connectivity index (χ1v) is 11.2. The summed E-state index contributed by atoms with van der Waals surface area (Å²) in [4.78, 5) is 18.7. The van der Waals surface area contributed by atoms with E-state index in [2.05, 4.69) is 24.0 Å². The Hall–Kier alpha value is -2.55. The number of hydrogen-bond acceptors (Lipinski definition) is 7. The lowest BCUT2D eigenvalue weighted by atomic mass is 9.99. The fourth-order valence-electron chi connectivity index (χ4n) is 3.56. The van der Waals surface area contributed by atoms with Crippen LogP contribution in [0.3, 0.4) is 0 Å². The second-order valence-electron chi connectivity index (χ2n) is 7.64. The van der Waals surface area contributed by atoms with Crippen molar-refractivity contribution in [2.45, 2.75) is 46.3 Å². The molecule has 0 spiro atoms. The van der Waals surface area contributed by atoms with Crippen molar-refractivity contribution < 1.29 is 14.6 Å². The van der Waals surface area contributed by atoms with Gasteiger partial charge >= 0.3 is 5.97 Å². The standard InChI is InChI=1S/C22H23ClN4O3S/c1-11(28)10-30-18(29)9-17-21-26-25-14(4)27(21)22-19(12(2)13(3)31-22)20(24-17)15-5-7-16(23)8-6-15/h5-8,11,17,28H,9-10H2,1-4H3/t11?,17-/m1/s1. The molecule has 9 heteroatoms. The molecular weight excluding hydrogens is 436 g/mol. The first kappa shape index (κ1) is 21.7. The highest BCUT2D eigenvalue weighted by Crippen LogP contribution is 2.39. The fraction of sp³-hybridized carbons (Fsp3) is 0.364. The molecule has 0 saturated heterocycles. The van der Waals surface area contributed by atoms with Gasteiger partial charge in [-0.2, -0.15) is 0 Å². The van der Waals surface area contributed by atoms with E-state index in [9.17, 15) is 9.90 Å². The van der Waals surface area contributed by atoms with Crippen LogP contribution in [-0.2, 0) is 9.53 Å². The zero-order chi connectivity index (χ0) is 22.3. The van der Waals surface area contributed by atoms with Gasteiger partial charge in [-0.1, -0.05) is 23.7 Å². The second-order valence-corrected chi connectivity index (χ2v) is 9.28. The first-order chi connectivity index (χ1) is 14.8. The predicted molar refractivity (Wildman–Crippen MR) is 121 cm³/mol. The summed E-state index contributed by atoms with van der Waals surface area (Å²) in [5, 5.41) is 19.7. The topological polar surface area (TPSA) is 89.6 Å². The number of esters is 1. The van der Waals surface area contributed by atoms with E-state index in [1.165, 1.54) is 4.88 Å². The maximum absolute atomic E-state index is 12.5. The number of aliphatic hydroxyl groups excluding tert-OH is 1. The van der Waals surface area contributed by atoms with Crippen LogP contribution in [0, 0.1) is 20.8 Å². The Morgan fingerprint density at radius 1 is 1.26 bits per heavy atom. The van der Waals surface area contributed by atoms with Crippen LogP contribution in [-0.4, -0.2) is 44.3 Å². The summed E-state index contributed by atoms with van der Waals surface area (Å²) in [5.41, 5.74) is 3.83. The molecule has 1 aliphatic heterocycles. The normalized spacial score (nSPS) is 16.2. The van der Waals surface area contributed by atoms with Crippen LogP contribution < -0.4 is 0 Å². The largest absolute Gasteiger partial charge is 0.463 e. The van der Waals surface area contributed by atoms with Crippen molar-refractivity contribution in [3.8, 4) is 5.00 Å². The highest BCUT2D eigenvalue weighted by atomic mass is 35.5. The van der Waals surface area contributed by atoms with Crippen molar-refractivity contribution in [2.75, 3.05) is 6.61 Å². The van der Waals surface area contributed by atoms with Gasteiger partial charge in [-0.15, -0.1) is 21.5 Å². The fourth-order valence-corrected chi connectivity index (χ4v) is 4.90. The number of aliphatic imine (C=N–C) groups is 1. The quantitative estimate of drug-likeness (QED) is 0.581. The van der Waals surface area contributed by atoms with E-state index in [1.807, 2.05) is 35.8 Å². The molecule has 3 aromatic rings. The Bertz CT molecular complexity index is 1160. The molecule has 31 heavy (non-hydrogen) atoms. The Morgan fingerprint density at radius 2 is 1.97 bits per heavy atom. The highest BCUT2D eigenvalue weighted by Gasteiger charge is 2.32. The molecule has 2 aromatic heterocycles. The molecule has 4 rings (SSSR count). The zero-order valence-electron chi connectivity index (χ0n) is 17.7. The van der Waals surface area contributed by atoms with Crippen molar-refractivity contribution in [2.24, 2.45) is 4.99 Å². The Kier molecular flexibility index (Phi) is 5.96. The summed E-state index contributed by atoms with van der Waals surface area (Å²) in [5.74, 6) is 0.876. The molecule has 162 valence electrons. The molecule has 0 saturated carbocycles. The van der Waals surface area contributed by atoms with Crippen molar-refractivity contribution in [1.82, 2.24) is 14.8 Å². The maximum atomic E-state index is 12.5. The van der Waals surface area contributed by atoms with Crippen LogP contribution in [0.5, 0.6) is 0 Å². The van der Waals surface area contributed by atoms with Gasteiger partial charge in [0.2, 0.25) is 0 Å². The van der Waals surface area contributed by atoms with E-state index < -0.39 is 18.1 Å². The zero-order valence-corrected chi connectivity index (χ0v) is 19.3. The van der Waals surface area contributed by atoms with Crippen molar-refractivity contribution >= 4 is 34.6 Å². The number of carbonyl (C=O) groups is 1. The molecule has 3 heterocycles. The highest BCUT2D eigenvalue weighted by molar-refractivity contribution is 7.15. The lowest BCUT2D eigenvalue weighted by molar-refractivity contribution is -0.146. The number of nitrogens with zero attached hydrogens (tertiary/aromatic N) is 4. The summed E-state index contributed by atoms with van der Waals surface area (Å²) in [6.07, 6.45) is -0.732. The first-order valence-electron chi connectivity index (χ1n) is 9.96. The van der Waals surface area contributed by atoms with E-state index in [-0.39, 0.29) is 13.0 Å². The van der Waals surface area contributed by atoms with Gasteiger partial charge in [0.25, 0.3) is 0 Å². The number of ether oxygens (including phenoxy) is 1. The molecule has 1 aliphatic rings. The van der Waals surface area contributed by atoms with Gasteiger partial charge in [-0.05, 0) is 45.4 Å². The maximum Gasteiger partial charge on any atom is 0.308 e. The van der Waals surface area contributed by atoms with Gasteiger partial charge in [0, 0.05) is 21.0 Å². The van der Waals surface area contributed by atoms with E-state index in [0.29, 0.717) is 10.8 Å². The number of carbonyl (C=O) groups excluding carboxylic acids is 1. The number of aliphatic hydroxyl groups is 1. The SMILES string of the molecule is Cc1sc2c(c1C)C(c1ccc(Cl)cc1)=N[C@H](CC(=O)OCC(C)O)c1nnc(C)n1-2. The number of fused-ring (bicyclic) bond motifs is 3. The van der Waals surface area contributed by atoms with Crippen LogP contribution in [0.2, 0.25) is 5.02 Å². The lowest BCUT2D eigenvalue weighted by Crippen LogP contribution is -2.18. The second kappa shape index (κ2) is 8.53. The number of rotatable bonds is 5. The van der Waals surface area contributed by atoms with Crippen LogP contribution in [0.25, 0.3) is 5.00 Å². The molecule has 1 unspecified atom stereocenters. The van der Waals surface area contributed by atoms with Crippen LogP contribution >= 0.6 is 22.9 Å². The number of halogens is 1. The molecule has 1 N–H and O–H groups in total. The summed E-state index contributed by atoms with van der Waals surface area (Å²) in [6.45, 7) is 7.56. The molecule has 2 atom stereocenters. The van der Waals surface area contributed by atoms with Gasteiger partial charge < -0.3 is 9.84 Å². The number of aromatic nitrogens is 3. The smallest absolute Gasteiger partial charge is 0.308 e. The van der Waals surface area contributed by atoms with Crippen molar-refractivity contribution in [3.63, 3.8) is 0 Å². The van der Waals surface area contributed by atoms with E-state index >= 15 is 0 Å². The molecule has 7 nitrogen and oxygen atoms in total. The minimum absolute atomic E-state index is 0.00505. The molecule has 1 aromatic carbocycles. The van der Waals surface area contributed by atoms with Gasteiger partial charge in [-0.25, -0.2) is 0 Å². The Balaban J connectivity index is 1.87. The minimum Gasteiger partial charge on any atom is -0.463 e. The number of thiophene rings is 1. The van der Waals surface area contributed by atoms with Gasteiger partial charge in [0.05, 0.1) is 18.2 Å². The third-order valence-electron chi connectivity index (χ3n) is 5.20. The van der Waals surface area contributed by atoms with E-state index in [1.54, 1.807) is 18.3 Å². The average molecular weight is 459 g/mol. The average Bonchev–Trinajstić information content (AvgIpc) is 3.19. The van der Waals surface area contributed by atoms with Crippen LogP contribution in [0.1, 0.15) is 52.6 Å². The molecule has 0 radical (unpaired) electrons.